The maximum absolute atomic E-state index is 5.74. The molecule has 0 atom stereocenters. The van der Waals surface area contributed by atoms with Gasteiger partial charge in [-0.05, 0) is 31.2 Å². The van der Waals surface area contributed by atoms with Gasteiger partial charge in [0.2, 0.25) is 0 Å². The standard InChI is InChI=1S/C15H17N3O2/c1-3-20-15-10-11(16)8-9-13(15)18-17-12-6-4-5-7-14(12)19-2/h4-10H,3,16H2,1-2H3. The molecule has 0 aliphatic rings. The number of nitrogens with two attached hydrogens (primary N) is 1. The maximum atomic E-state index is 5.74. The number of azo groups is 1. The Morgan fingerprint density at radius 1 is 1.00 bits per heavy atom. The van der Waals surface area contributed by atoms with Crippen LogP contribution in [0.2, 0.25) is 0 Å². The average molecular weight is 271 g/mol. The minimum Gasteiger partial charge on any atom is -0.494 e. The normalized spacial score (nSPS) is 10.7. The number of para-hydroxylation sites is 1. The largest absolute Gasteiger partial charge is 0.494 e. The van der Waals surface area contributed by atoms with Gasteiger partial charge in [-0.15, -0.1) is 10.2 Å². The molecule has 0 saturated heterocycles. The number of methoxy groups -OCH3 is 1. The van der Waals surface area contributed by atoms with Gasteiger partial charge in [0.15, 0.2) is 0 Å². The van der Waals surface area contributed by atoms with Gasteiger partial charge < -0.3 is 15.2 Å². The van der Waals surface area contributed by atoms with E-state index in [9.17, 15) is 0 Å². The van der Waals surface area contributed by atoms with Crippen molar-refractivity contribution in [3.8, 4) is 11.5 Å². The zero-order valence-corrected chi connectivity index (χ0v) is 11.5. The van der Waals surface area contributed by atoms with Crippen molar-refractivity contribution < 1.29 is 9.47 Å². The first kappa shape index (κ1) is 13.9. The summed E-state index contributed by atoms with van der Waals surface area (Å²) in [5, 5.41) is 8.41. The molecule has 2 rings (SSSR count). The third-order valence-electron chi connectivity index (χ3n) is 2.63. The summed E-state index contributed by atoms with van der Waals surface area (Å²) < 4.78 is 10.7. The Balaban J connectivity index is 2.31. The van der Waals surface area contributed by atoms with Crippen LogP contribution < -0.4 is 15.2 Å². The quantitative estimate of drug-likeness (QED) is 0.657. The van der Waals surface area contributed by atoms with Crippen molar-refractivity contribution in [3.05, 3.63) is 42.5 Å². The van der Waals surface area contributed by atoms with Crippen molar-refractivity contribution in [2.24, 2.45) is 10.2 Å². The molecular weight excluding hydrogens is 254 g/mol. The van der Waals surface area contributed by atoms with Crippen LogP contribution in [0.25, 0.3) is 0 Å². The molecule has 0 unspecified atom stereocenters. The van der Waals surface area contributed by atoms with E-state index >= 15 is 0 Å². The Morgan fingerprint density at radius 3 is 2.40 bits per heavy atom. The van der Waals surface area contributed by atoms with Gasteiger partial charge in [-0.25, -0.2) is 0 Å². The molecule has 5 heteroatoms. The molecular formula is C15H17N3O2. The van der Waals surface area contributed by atoms with Crippen LogP contribution in [0, 0.1) is 0 Å². The van der Waals surface area contributed by atoms with Crippen molar-refractivity contribution in [2.75, 3.05) is 19.5 Å². The molecule has 0 aliphatic heterocycles. The molecule has 0 aromatic heterocycles. The molecule has 0 aliphatic carbocycles. The highest BCUT2D eigenvalue weighted by atomic mass is 16.5. The zero-order chi connectivity index (χ0) is 14.4. The SMILES string of the molecule is CCOc1cc(N)ccc1N=Nc1ccccc1OC. The fourth-order valence-electron chi connectivity index (χ4n) is 1.70. The Morgan fingerprint density at radius 2 is 1.70 bits per heavy atom. The van der Waals surface area contributed by atoms with E-state index in [2.05, 4.69) is 10.2 Å². The van der Waals surface area contributed by atoms with Gasteiger partial charge in [0.25, 0.3) is 0 Å². The molecule has 2 aromatic rings. The molecule has 0 saturated carbocycles. The topological polar surface area (TPSA) is 69.2 Å². The van der Waals surface area contributed by atoms with Gasteiger partial charge in [0, 0.05) is 11.8 Å². The fraction of sp³-hybridized carbons (Fsp3) is 0.200. The molecule has 0 spiro atoms. The lowest BCUT2D eigenvalue weighted by molar-refractivity contribution is 0.341. The number of anilines is 1. The van der Waals surface area contributed by atoms with Gasteiger partial charge in [0.05, 0.1) is 13.7 Å². The van der Waals surface area contributed by atoms with E-state index in [1.165, 1.54) is 0 Å². The molecule has 0 amide bonds. The summed E-state index contributed by atoms with van der Waals surface area (Å²) in [7, 11) is 1.60. The molecule has 0 radical (unpaired) electrons. The predicted octanol–water partition coefficient (Wildman–Crippen LogP) is 4.09. The summed E-state index contributed by atoms with van der Waals surface area (Å²) in [5.74, 6) is 1.29. The summed E-state index contributed by atoms with van der Waals surface area (Å²) in [6.45, 7) is 2.45. The van der Waals surface area contributed by atoms with Crippen LogP contribution in [0.3, 0.4) is 0 Å². The van der Waals surface area contributed by atoms with Crippen LogP contribution in [0.4, 0.5) is 17.1 Å². The highest BCUT2D eigenvalue weighted by Crippen LogP contribution is 2.33. The number of nitrogen functional groups attached to an aromatic ring is 1. The van der Waals surface area contributed by atoms with E-state index < -0.39 is 0 Å². The molecule has 0 bridgehead atoms. The van der Waals surface area contributed by atoms with Crippen molar-refractivity contribution in [1.82, 2.24) is 0 Å². The van der Waals surface area contributed by atoms with Gasteiger partial charge in [0.1, 0.15) is 22.9 Å². The Bertz CT molecular complexity index is 612. The number of benzene rings is 2. The van der Waals surface area contributed by atoms with E-state index in [1.54, 1.807) is 25.3 Å². The molecule has 104 valence electrons. The highest BCUT2D eigenvalue weighted by molar-refractivity contribution is 5.59. The van der Waals surface area contributed by atoms with Crippen LogP contribution in [0.15, 0.2) is 52.7 Å². The lowest BCUT2D eigenvalue weighted by Crippen LogP contribution is -1.93. The number of ether oxygens (including phenoxy) is 2. The van der Waals surface area contributed by atoms with Crippen molar-refractivity contribution in [3.63, 3.8) is 0 Å². The van der Waals surface area contributed by atoms with Crippen LogP contribution in [-0.2, 0) is 0 Å². The molecule has 5 nitrogen and oxygen atoms in total. The van der Waals surface area contributed by atoms with Crippen molar-refractivity contribution >= 4 is 17.1 Å². The Labute approximate surface area is 118 Å². The van der Waals surface area contributed by atoms with Crippen LogP contribution >= 0.6 is 0 Å². The minimum atomic E-state index is 0.542. The molecule has 20 heavy (non-hydrogen) atoms. The van der Waals surface area contributed by atoms with Gasteiger partial charge in [-0.3, -0.25) is 0 Å². The smallest absolute Gasteiger partial charge is 0.148 e. The summed E-state index contributed by atoms with van der Waals surface area (Å²) in [6.07, 6.45) is 0. The molecule has 0 fully saturated rings. The summed E-state index contributed by atoms with van der Waals surface area (Å²) in [4.78, 5) is 0. The van der Waals surface area contributed by atoms with E-state index in [0.717, 1.165) is 0 Å². The van der Waals surface area contributed by atoms with Crippen molar-refractivity contribution in [1.29, 1.82) is 0 Å². The summed E-state index contributed by atoms with van der Waals surface area (Å²) in [5.41, 5.74) is 7.66. The number of hydrogen-bond donors (Lipinski definition) is 1. The van der Waals surface area contributed by atoms with Crippen LogP contribution in [0.1, 0.15) is 6.92 Å². The van der Waals surface area contributed by atoms with E-state index in [-0.39, 0.29) is 0 Å². The lowest BCUT2D eigenvalue weighted by Gasteiger charge is -2.07. The first-order valence-corrected chi connectivity index (χ1v) is 6.31. The predicted molar refractivity (Wildman–Crippen MR) is 79.2 cm³/mol. The molecule has 2 aromatic carbocycles. The fourth-order valence-corrected chi connectivity index (χ4v) is 1.70. The number of nitrogens with zero attached hydrogens (tertiary/aromatic N) is 2. The summed E-state index contributed by atoms with van der Waals surface area (Å²) in [6, 6.07) is 12.7. The Hall–Kier alpha value is -2.56. The zero-order valence-electron chi connectivity index (χ0n) is 11.5. The Kier molecular flexibility index (Phi) is 4.55. The second-order valence-corrected chi connectivity index (χ2v) is 4.03. The second kappa shape index (κ2) is 6.56. The monoisotopic (exact) mass is 271 g/mol. The molecule has 2 N–H and O–H groups in total. The molecule has 0 heterocycles. The first-order valence-electron chi connectivity index (χ1n) is 6.31. The van der Waals surface area contributed by atoms with Crippen LogP contribution in [-0.4, -0.2) is 13.7 Å². The summed E-state index contributed by atoms with van der Waals surface area (Å²) >= 11 is 0. The lowest BCUT2D eigenvalue weighted by atomic mass is 10.2. The minimum absolute atomic E-state index is 0.542. The number of hydrogen-bond acceptors (Lipinski definition) is 5. The average Bonchev–Trinajstić information content (AvgIpc) is 2.47. The van der Waals surface area contributed by atoms with Crippen LogP contribution in [0.5, 0.6) is 11.5 Å². The van der Waals surface area contributed by atoms with E-state index in [1.807, 2.05) is 31.2 Å². The van der Waals surface area contributed by atoms with E-state index in [4.69, 9.17) is 15.2 Å². The first-order chi connectivity index (χ1) is 9.74. The van der Waals surface area contributed by atoms with Gasteiger partial charge in [-0.2, -0.15) is 0 Å². The van der Waals surface area contributed by atoms with Gasteiger partial charge in [-0.1, -0.05) is 12.1 Å². The number of rotatable bonds is 5. The third-order valence-corrected chi connectivity index (χ3v) is 2.63. The third kappa shape index (κ3) is 3.26. The second-order valence-electron chi connectivity index (χ2n) is 4.03. The maximum Gasteiger partial charge on any atom is 0.148 e. The van der Waals surface area contributed by atoms with Crippen molar-refractivity contribution in [2.45, 2.75) is 6.92 Å². The van der Waals surface area contributed by atoms with E-state index in [0.29, 0.717) is 35.2 Å². The van der Waals surface area contributed by atoms with Gasteiger partial charge >= 0.3 is 0 Å². The highest BCUT2D eigenvalue weighted by Gasteiger charge is 2.04.